The van der Waals surface area contributed by atoms with Gasteiger partial charge in [-0.25, -0.2) is 0 Å². The molecule has 0 aromatic carbocycles. The molecule has 0 saturated heterocycles. The number of thiophene rings is 1. The number of carbonyl (C=O) groups excluding carboxylic acids is 1. The second kappa shape index (κ2) is 6.66. The second-order valence-corrected chi connectivity index (χ2v) is 3.07. The van der Waals surface area contributed by atoms with Crippen LogP contribution in [0.5, 0.6) is 5.06 Å². The third-order valence-corrected chi connectivity index (χ3v) is 1.91. The van der Waals surface area contributed by atoms with E-state index in [9.17, 15) is 4.79 Å². The third kappa shape index (κ3) is 4.26. The van der Waals surface area contributed by atoms with Gasteiger partial charge in [0.2, 0.25) is 0 Å². The fraction of sp³-hybridized carbons (Fsp3) is 0.375. The summed E-state index contributed by atoms with van der Waals surface area (Å²) in [7, 11) is 0. The van der Waals surface area contributed by atoms with E-state index in [4.69, 9.17) is 4.74 Å². The zero-order chi connectivity index (χ0) is 8.10. The Hall–Kier alpha value is 0.170. The number of carbonyl (C=O) groups is 1. The zero-order valence-electron chi connectivity index (χ0n) is 8.37. The Bertz CT molecular complexity index is 226. The molecule has 62 valence electrons. The van der Waals surface area contributed by atoms with Crippen LogP contribution in [-0.4, -0.2) is 5.97 Å². The number of hydrogen-bond donors (Lipinski definition) is 0. The maximum atomic E-state index is 10.9. The van der Waals surface area contributed by atoms with Crippen molar-refractivity contribution in [3.63, 3.8) is 0 Å². The van der Waals surface area contributed by atoms with Gasteiger partial charge >= 0.3 is 35.5 Å². The predicted octanol–water partition coefficient (Wildman–Crippen LogP) is -0.430. The van der Waals surface area contributed by atoms with Gasteiger partial charge in [0.1, 0.15) is 0 Å². The Morgan fingerprint density at radius 1 is 1.75 bits per heavy atom. The topological polar surface area (TPSA) is 26.3 Å². The van der Waals surface area contributed by atoms with E-state index in [1.54, 1.807) is 6.07 Å². The molecule has 0 aliphatic heterocycles. The Morgan fingerprint density at radius 2 is 2.50 bits per heavy atom. The maximum Gasteiger partial charge on any atom is 1.00 e. The molecule has 1 heterocycles. The van der Waals surface area contributed by atoms with Gasteiger partial charge in [0, 0.05) is 6.42 Å². The summed E-state index contributed by atoms with van der Waals surface area (Å²) in [6.45, 7) is 1.95. The van der Waals surface area contributed by atoms with Crippen LogP contribution in [0.15, 0.2) is 17.5 Å². The van der Waals surface area contributed by atoms with Gasteiger partial charge in [-0.2, -0.15) is 0 Å². The van der Waals surface area contributed by atoms with E-state index in [0.717, 1.165) is 6.42 Å². The van der Waals surface area contributed by atoms with Crippen LogP contribution >= 0.6 is 11.3 Å². The summed E-state index contributed by atoms with van der Waals surface area (Å²) in [6, 6.07) is 3.65. The van der Waals surface area contributed by atoms with E-state index in [0.29, 0.717) is 11.5 Å². The molecule has 0 bridgehead atoms. The Kier molecular flexibility index (Phi) is 6.76. The van der Waals surface area contributed by atoms with Crippen LogP contribution in [0.4, 0.5) is 0 Å². The maximum absolute atomic E-state index is 10.9. The minimum atomic E-state index is -0.144. The molecular formula is C8H11NaO2S. The first-order chi connectivity index (χ1) is 5.33. The molecule has 0 aliphatic carbocycles. The molecule has 1 aromatic heterocycles. The summed E-state index contributed by atoms with van der Waals surface area (Å²) >= 11 is 1.43. The molecule has 0 N–H and O–H groups in total. The van der Waals surface area contributed by atoms with Crippen molar-refractivity contribution >= 4 is 17.3 Å². The SMILES string of the molecule is CCCC(=O)Oc1cccs1.[H-].[Na+]. The first-order valence-electron chi connectivity index (χ1n) is 3.57. The first-order valence-corrected chi connectivity index (χ1v) is 4.45. The number of esters is 1. The second-order valence-electron chi connectivity index (χ2n) is 2.16. The smallest absolute Gasteiger partial charge is 1.00 e. The van der Waals surface area contributed by atoms with Gasteiger partial charge < -0.3 is 6.16 Å². The van der Waals surface area contributed by atoms with Crippen LogP contribution < -0.4 is 34.3 Å². The number of hydrogen-bond acceptors (Lipinski definition) is 3. The average molecular weight is 194 g/mol. The van der Waals surface area contributed by atoms with Crippen LogP contribution in [0.3, 0.4) is 0 Å². The summed E-state index contributed by atoms with van der Waals surface area (Å²) in [5, 5.41) is 2.57. The van der Waals surface area contributed by atoms with Crippen molar-refractivity contribution in [1.29, 1.82) is 0 Å². The average Bonchev–Trinajstić information content (AvgIpc) is 2.40. The standard InChI is InChI=1S/C8H10O2S.Na.H/c1-2-4-7(9)10-8-5-3-6-11-8;;/h3,5-6H,2,4H2,1H3;;/q;+1;-1. The van der Waals surface area contributed by atoms with E-state index < -0.39 is 0 Å². The molecule has 0 fully saturated rings. The van der Waals surface area contributed by atoms with E-state index in [2.05, 4.69) is 0 Å². The van der Waals surface area contributed by atoms with Gasteiger partial charge in [0.25, 0.3) is 0 Å². The van der Waals surface area contributed by atoms with E-state index in [1.807, 2.05) is 18.4 Å². The van der Waals surface area contributed by atoms with Crippen LogP contribution in [0.2, 0.25) is 0 Å². The van der Waals surface area contributed by atoms with E-state index in [1.165, 1.54) is 11.3 Å². The van der Waals surface area contributed by atoms with Crippen LogP contribution in [0.25, 0.3) is 0 Å². The van der Waals surface area contributed by atoms with Crippen LogP contribution in [-0.2, 0) is 4.79 Å². The summed E-state index contributed by atoms with van der Waals surface area (Å²) in [4.78, 5) is 10.9. The molecule has 1 rings (SSSR count). The molecule has 1 aromatic rings. The van der Waals surface area contributed by atoms with Gasteiger partial charge in [-0.1, -0.05) is 6.92 Å². The Balaban J connectivity index is 0. The molecule has 0 amide bonds. The van der Waals surface area contributed by atoms with Crippen LogP contribution in [0, 0.1) is 0 Å². The number of ether oxygens (including phenoxy) is 1. The summed E-state index contributed by atoms with van der Waals surface area (Å²) in [5.41, 5.74) is 0. The fourth-order valence-electron chi connectivity index (χ4n) is 0.689. The summed E-state index contributed by atoms with van der Waals surface area (Å²) < 4.78 is 4.97. The third-order valence-electron chi connectivity index (χ3n) is 1.16. The molecule has 2 nitrogen and oxygen atoms in total. The van der Waals surface area contributed by atoms with Gasteiger partial charge in [-0.3, -0.25) is 4.79 Å². The molecule has 0 aliphatic rings. The first kappa shape index (κ1) is 12.2. The minimum Gasteiger partial charge on any atom is -1.00 e. The van der Waals surface area contributed by atoms with Gasteiger partial charge in [-0.05, 0) is 23.9 Å². The van der Waals surface area contributed by atoms with E-state index >= 15 is 0 Å². The molecular weight excluding hydrogens is 183 g/mol. The monoisotopic (exact) mass is 194 g/mol. The molecule has 4 heteroatoms. The van der Waals surface area contributed by atoms with Crippen molar-refractivity contribution < 1.29 is 40.5 Å². The molecule has 0 unspecified atom stereocenters. The molecule has 0 atom stereocenters. The van der Waals surface area contributed by atoms with Crippen molar-refractivity contribution in [3.8, 4) is 5.06 Å². The van der Waals surface area contributed by atoms with Gasteiger partial charge in [-0.15, -0.1) is 11.3 Å². The van der Waals surface area contributed by atoms with Gasteiger partial charge in [0.15, 0.2) is 5.06 Å². The summed E-state index contributed by atoms with van der Waals surface area (Å²) in [6.07, 6.45) is 1.34. The van der Waals surface area contributed by atoms with Crippen molar-refractivity contribution in [2.45, 2.75) is 19.8 Å². The molecule has 0 radical (unpaired) electrons. The van der Waals surface area contributed by atoms with Crippen LogP contribution in [0.1, 0.15) is 21.2 Å². The predicted molar refractivity (Wildman–Crippen MR) is 46.0 cm³/mol. The van der Waals surface area contributed by atoms with E-state index in [-0.39, 0.29) is 37.0 Å². The normalized spacial score (nSPS) is 8.75. The Morgan fingerprint density at radius 3 is 3.00 bits per heavy atom. The van der Waals surface area contributed by atoms with Crippen molar-refractivity contribution in [3.05, 3.63) is 17.5 Å². The van der Waals surface area contributed by atoms with Crippen molar-refractivity contribution in [1.82, 2.24) is 0 Å². The fourth-order valence-corrected chi connectivity index (χ4v) is 1.28. The van der Waals surface area contributed by atoms with Gasteiger partial charge in [0.05, 0.1) is 0 Å². The Labute approximate surface area is 99.7 Å². The zero-order valence-corrected chi connectivity index (χ0v) is 10.2. The molecule has 12 heavy (non-hydrogen) atoms. The quantitative estimate of drug-likeness (QED) is 0.482. The molecule has 0 saturated carbocycles. The number of rotatable bonds is 3. The molecule has 0 spiro atoms. The summed E-state index contributed by atoms with van der Waals surface area (Å²) in [5.74, 6) is -0.144. The van der Waals surface area contributed by atoms with Crippen molar-refractivity contribution in [2.24, 2.45) is 0 Å². The largest absolute Gasteiger partial charge is 1.00 e. The minimum absolute atomic E-state index is 0. The van der Waals surface area contributed by atoms with Crippen molar-refractivity contribution in [2.75, 3.05) is 0 Å².